The van der Waals surface area contributed by atoms with E-state index in [1.54, 1.807) is 23.1 Å². The first kappa shape index (κ1) is 11.3. The maximum absolute atomic E-state index is 10.9. The van der Waals surface area contributed by atoms with E-state index in [0.29, 0.717) is 0 Å². The van der Waals surface area contributed by atoms with Gasteiger partial charge in [-0.05, 0) is 31.0 Å². The molecule has 5 heteroatoms. The maximum Gasteiger partial charge on any atom is 0.354 e. The summed E-state index contributed by atoms with van der Waals surface area (Å²) in [6.07, 6.45) is 3.31. The van der Waals surface area contributed by atoms with Crippen LogP contribution < -0.4 is 0 Å². The van der Waals surface area contributed by atoms with Crippen LogP contribution >= 0.6 is 0 Å². The van der Waals surface area contributed by atoms with Gasteiger partial charge in [0.15, 0.2) is 0 Å². The van der Waals surface area contributed by atoms with Gasteiger partial charge in [0.05, 0.1) is 6.20 Å². The molecule has 0 amide bonds. The predicted octanol–water partition coefficient (Wildman–Crippen LogP) is 1.80. The fourth-order valence-corrected chi connectivity index (χ4v) is 1.69. The molecule has 0 fully saturated rings. The second kappa shape index (κ2) is 4.01. The van der Waals surface area contributed by atoms with E-state index in [0.717, 1.165) is 22.4 Å². The van der Waals surface area contributed by atoms with Crippen molar-refractivity contribution >= 4 is 5.97 Å². The zero-order valence-corrected chi connectivity index (χ0v) is 9.93. The van der Waals surface area contributed by atoms with Crippen molar-refractivity contribution in [2.75, 3.05) is 0 Å². The largest absolute Gasteiger partial charge is 0.477 e. The molecule has 0 bridgehead atoms. The molecule has 0 atom stereocenters. The Morgan fingerprint density at radius 1 is 1.29 bits per heavy atom. The lowest BCUT2D eigenvalue weighted by molar-refractivity contribution is 0.0690. The van der Waals surface area contributed by atoms with E-state index in [4.69, 9.17) is 5.11 Å². The van der Waals surface area contributed by atoms with Crippen molar-refractivity contribution in [1.29, 1.82) is 0 Å². The third kappa shape index (κ3) is 1.91. The zero-order chi connectivity index (χ0) is 12.6. The predicted molar refractivity (Wildman–Crippen MR) is 62.9 cm³/mol. The van der Waals surface area contributed by atoms with Gasteiger partial charge in [-0.15, -0.1) is 0 Å². The number of rotatable bonds is 2. The lowest BCUT2D eigenvalue weighted by Crippen LogP contribution is -2.01. The number of hydrogen-bond acceptors (Lipinski definition) is 3. The lowest BCUT2D eigenvalue weighted by Gasteiger charge is -2.06. The smallest absolute Gasteiger partial charge is 0.354 e. The average Bonchev–Trinajstić information content (AvgIpc) is 2.60. The summed E-state index contributed by atoms with van der Waals surface area (Å²) in [6.45, 7) is 3.85. The number of aromatic nitrogens is 3. The Labute approximate surface area is 98.7 Å². The number of pyridine rings is 1. The Kier molecular flexibility index (Phi) is 2.67. The van der Waals surface area contributed by atoms with Gasteiger partial charge in [-0.3, -0.25) is 4.68 Å². The molecule has 0 aliphatic rings. The molecule has 2 rings (SSSR count). The van der Waals surface area contributed by atoms with Crippen LogP contribution in [-0.4, -0.2) is 25.8 Å². The SMILES string of the molecule is Cc1cnc(C(=O)O)cc1-c1cnn(C)c1C. The van der Waals surface area contributed by atoms with Crippen LogP contribution in [0.3, 0.4) is 0 Å². The highest BCUT2D eigenvalue weighted by molar-refractivity contribution is 5.87. The Hall–Kier alpha value is -2.17. The van der Waals surface area contributed by atoms with Crippen molar-refractivity contribution in [3.05, 3.63) is 35.4 Å². The number of aromatic carboxylic acids is 1. The van der Waals surface area contributed by atoms with Gasteiger partial charge in [0.25, 0.3) is 0 Å². The quantitative estimate of drug-likeness (QED) is 0.855. The van der Waals surface area contributed by atoms with E-state index in [2.05, 4.69) is 10.1 Å². The Morgan fingerprint density at radius 2 is 2.00 bits per heavy atom. The molecular formula is C12H13N3O2. The fourth-order valence-electron chi connectivity index (χ4n) is 1.69. The lowest BCUT2D eigenvalue weighted by atomic mass is 10.0. The van der Waals surface area contributed by atoms with Gasteiger partial charge in [0, 0.05) is 24.5 Å². The first-order valence-corrected chi connectivity index (χ1v) is 5.19. The number of carboxylic acid groups (broad SMARTS) is 1. The van der Waals surface area contributed by atoms with Crippen LogP contribution in [0.4, 0.5) is 0 Å². The summed E-state index contributed by atoms with van der Waals surface area (Å²) in [5.41, 5.74) is 3.79. The summed E-state index contributed by atoms with van der Waals surface area (Å²) in [7, 11) is 1.85. The van der Waals surface area contributed by atoms with Crippen LogP contribution in [0.5, 0.6) is 0 Å². The standard InChI is InChI=1S/C12H13N3O2/c1-7-5-13-11(12(16)17)4-9(7)10-6-14-15(3)8(10)2/h4-6H,1-3H3,(H,16,17). The molecule has 88 valence electrons. The molecule has 0 spiro atoms. The number of carboxylic acids is 1. The highest BCUT2D eigenvalue weighted by Crippen LogP contribution is 2.26. The summed E-state index contributed by atoms with van der Waals surface area (Å²) in [4.78, 5) is 14.8. The highest BCUT2D eigenvalue weighted by Gasteiger charge is 2.13. The normalized spacial score (nSPS) is 10.5. The van der Waals surface area contributed by atoms with E-state index in [9.17, 15) is 4.79 Å². The monoisotopic (exact) mass is 231 g/mol. The minimum absolute atomic E-state index is 0.0499. The molecule has 0 saturated carbocycles. The van der Waals surface area contributed by atoms with E-state index in [-0.39, 0.29) is 5.69 Å². The molecule has 0 aromatic carbocycles. The van der Waals surface area contributed by atoms with Crippen molar-refractivity contribution in [2.24, 2.45) is 7.05 Å². The van der Waals surface area contributed by atoms with E-state index in [1.807, 2.05) is 20.9 Å². The molecule has 0 aliphatic heterocycles. The number of carbonyl (C=O) groups is 1. The first-order valence-electron chi connectivity index (χ1n) is 5.19. The van der Waals surface area contributed by atoms with Gasteiger partial charge < -0.3 is 5.11 Å². The summed E-state index contributed by atoms with van der Waals surface area (Å²) in [5.74, 6) is -1.02. The molecule has 0 radical (unpaired) electrons. The Balaban J connectivity index is 2.62. The second-order valence-corrected chi connectivity index (χ2v) is 3.96. The molecule has 17 heavy (non-hydrogen) atoms. The van der Waals surface area contributed by atoms with Crippen LogP contribution in [0.15, 0.2) is 18.5 Å². The van der Waals surface area contributed by atoms with E-state index < -0.39 is 5.97 Å². The Bertz CT molecular complexity index is 587. The third-order valence-corrected chi connectivity index (χ3v) is 2.85. The second-order valence-electron chi connectivity index (χ2n) is 3.96. The zero-order valence-electron chi connectivity index (χ0n) is 9.93. The molecule has 5 nitrogen and oxygen atoms in total. The van der Waals surface area contributed by atoms with Crippen LogP contribution in [0.1, 0.15) is 21.7 Å². The van der Waals surface area contributed by atoms with Crippen molar-refractivity contribution < 1.29 is 9.90 Å². The Morgan fingerprint density at radius 3 is 2.53 bits per heavy atom. The van der Waals surface area contributed by atoms with Crippen LogP contribution in [0.2, 0.25) is 0 Å². The molecule has 0 unspecified atom stereocenters. The van der Waals surface area contributed by atoms with Crippen molar-refractivity contribution in [2.45, 2.75) is 13.8 Å². The van der Waals surface area contributed by atoms with Crippen LogP contribution in [0.25, 0.3) is 11.1 Å². The molecule has 2 aromatic rings. The van der Waals surface area contributed by atoms with Gasteiger partial charge in [-0.1, -0.05) is 0 Å². The molecule has 0 aliphatic carbocycles. The van der Waals surface area contributed by atoms with Gasteiger partial charge in [0.1, 0.15) is 5.69 Å². The average molecular weight is 231 g/mol. The van der Waals surface area contributed by atoms with Gasteiger partial charge in [-0.2, -0.15) is 5.10 Å². The minimum atomic E-state index is -1.02. The van der Waals surface area contributed by atoms with E-state index in [1.165, 1.54) is 0 Å². The van der Waals surface area contributed by atoms with Gasteiger partial charge in [0.2, 0.25) is 0 Å². The maximum atomic E-state index is 10.9. The summed E-state index contributed by atoms with van der Waals surface area (Å²) in [5, 5.41) is 13.1. The van der Waals surface area contributed by atoms with E-state index >= 15 is 0 Å². The van der Waals surface area contributed by atoms with Crippen molar-refractivity contribution in [1.82, 2.24) is 14.8 Å². The topological polar surface area (TPSA) is 68.0 Å². The third-order valence-electron chi connectivity index (χ3n) is 2.85. The molecule has 1 N–H and O–H groups in total. The number of hydrogen-bond donors (Lipinski definition) is 1. The number of nitrogens with zero attached hydrogens (tertiary/aromatic N) is 3. The highest BCUT2D eigenvalue weighted by atomic mass is 16.4. The van der Waals surface area contributed by atoms with Gasteiger partial charge in [-0.25, -0.2) is 9.78 Å². The number of aryl methyl sites for hydroxylation is 2. The van der Waals surface area contributed by atoms with Crippen molar-refractivity contribution in [3.8, 4) is 11.1 Å². The summed E-state index contributed by atoms with van der Waals surface area (Å²) in [6, 6.07) is 1.58. The molecule has 2 heterocycles. The van der Waals surface area contributed by atoms with Crippen LogP contribution in [-0.2, 0) is 7.05 Å². The van der Waals surface area contributed by atoms with Gasteiger partial charge >= 0.3 is 5.97 Å². The van der Waals surface area contributed by atoms with Crippen LogP contribution in [0, 0.1) is 13.8 Å². The fraction of sp³-hybridized carbons (Fsp3) is 0.250. The molecule has 2 aromatic heterocycles. The first-order chi connectivity index (χ1) is 8.00. The summed E-state index contributed by atoms with van der Waals surface area (Å²) >= 11 is 0. The molecule has 0 saturated heterocycles. The van der Waals surface area contributed by atoms with Crippen molar-refractivity contribution in [3.63, 3.8) is 0 Å². The minimum Gasteiger partial charge on any atom is -0.477 e. The molecular weight excluding hydrogens is 218 g/mol. The summed E-state index contributed by atoms with van der Waals surface area (Å²) < 4.78 is 1.76.